The average Bonchev–Trinajstić information content (AvgIpc) is 3.24. The molecule has 3 heterocycles. The van der Waals surface area contributed by atoms with Crippen LogP contribution in [-0.4, -0.2) is 58.1 Å². The zero-order valence-corrected chi connectivity index (χ0v) is 15.6. The van der Waals surface area contributed by atoms with Crippen molar-refractivity contribution >= 4 is 29.3 Å². The van der Waals surface area contributed by atoms with Gasteiger partial charge in [0.25, 0.3) is 5.69 Å². The monoisotopic (exact) mass is 404 g/mol. The van der Waals surface area contributed by atoms with Crippen LogP contribution in [0.25, 0.3) is 0 Å². The van der Waals surface area contributed by atoms with Gasteiger partial charge in [0.1, 0.15) is 19.0 Å². The fourth-order valence-corrected chi connectivity index (χ4v) is 5.23. The minimum atomic E-state index is -0.758. The number of benzene rings is 1. The second-order valence-corrected chi connectivity index (χ2v) is 8.54. The van der Waals surface area contributed by atoms with Crippen molar-refractivity contribution in [1.82, 2.24) is 25.1 Å². The molecule has 2 fully saturated rings. The highest BCUT2D eigenvalue weighted by Gasteiger charge is 2.61. The Labute approximate surface area is 163 Å². The van der Waals surface area contributed by atoms with Crippen LogP contribution >= 0.6 is 11.8 Å². The first-order valence-corrected chi connectivity index (χ1v) is 9.35. The van der Waals surface area contributed by atoms with E-state index in [1.807, 2.05) is 6.92 Å². The number of hydrogen-bond acceptors (Lipinski definition) is 9. The molecule has 11 nitrogen and oxygen atoms in total. The van der Waals surface area contributed by atoms with Gasteiger partial charge in [0.15, 0.2) is 0 Å². The maximum absolute atomic E-state index is 12.9. The normalized spacial score (nSPS) is 25.9. The fraction of sp³-hybridized carbons (Fsp3) is 0.438. The van der Waals surface area contributed by atoms with Crippen LogP contribution in [0.2, 0.25) is 0 Å². The minimum absolute atomic E-state index is 0.0361. The number of nitro groups is 1. The van der Waals surface area contributed by atoms with E-state index >= 15 is 0 Å². The molecule has 2 aliphatic heterocycles. The molecule has 0 unspecified atom stereocenters. The number of ether oxygens (including phenoxy) is 1. The quantitative estimate of drug-likeness (QED) is 0.296. The first-order valence-electron chi connectivity index (χ1n) is 8.47. The number of β-lactam (4-membered cyclic amide) rings is 1. The van der Waals surface area contributed by atoms with Gasteiger partial charge in [-0.15, -0.1) is 16.9 Å². The Bertz CT molecular complexity index is 920. The van der Waals surface area contributed by atoms with Crippen LogP contribution in [0.3, 0.4) is 0 Å². The molecule has 1 aromatic carbocycles. The molecule has 12 heteroatoms. The number of fused-ring (bicyclic) bond motifs is 1. The number of aromatic nitrogens is 4. The van der Waals surface area contributed by atoms with Crippen molar-refractivity contribution in [3.8, 4) is 0 Å². The summed E-state index contributed by atoms with van der Waals surface area (Å²) in [7, 11) is 0. The summed E-state index contributed by atoms with van der Waals surface area (Å²) in [6.07, 6.45) is 1.85. The molecular weight excluding hydrogens is 388 g/mol. The predicted octanol–water partition coefficient (Wildman–Crippen LogP) is 0.757. The molecule has 0 spiro atoms. The van der Waals surface area contributed by atoms with Crippen molar-refractivity contribution < 1.29 is 19.2 Å². The summed E-state index contributed by atoms with van der Waals surface area (Å²) in [4.78, 5) is 36.8. The van der Waals surface area contributed by atoms with Gasteiger partial charge in [0.05, 0.1) is 28.0 Å². The van der Waals surface area contributed by atoms with Crippen molar-refractivity contribution in [2.45, 2.75) is 42.7 Å². The number of hydrogen-bond donors (Lipinski definition) is 0. The number of esters is 1. The number of tetrazole rings is 1. The van der Waals surface area contributed by atoms with Gasteiger partial charge < -0.3 is 9.64 Å². The van der Waals surface area contributed by atoms with Gasteiger partial charge in [-0.05, 0) is 35.0 Å². The summed E-state index contributed by atoms with van der Waals surface area (Å²) in [5, 5.41) is 21.7. The van der Waals surface area contributed by atoms with Crippen LogP contribution in [0.1, 0.15) is 18.9 Å². The summed E-state index contributed by atoms with van der Waals surface area (Å²) in [6, 6.07) is 5.02. The minimum Gasteiger partial charge on any atom is -0.459 e. The van der Waals surface area contributed by atoms with Crippen molar-refractivity contribution in [3.63, 3.8) is 0 Å². The van der Waals surface area contributed by atoms with Crippen LogP contribution in [0.5, 0.6) is 0 Å². The van der Waals surface area contributed by atoms with E-state index in [9.17, 15) is 19.7 Å². The van der Waals surface area contributed by atoms with Crippen LogP contribution in [0.15, 0.2) is 30.6 Å². The molecule has 2 aromatic rings. The second-order valence-electron chi connectivity index (χ2n) is 6.83. The molecular formula is C16H16N6O5S. The Morgan fingerprint density at radius 1 is 1.43 bits per heavy atom. The first kappa shape index (κ1) is 18.3. The number of nitro benzene ring substituents is 1. The maximum atomic E-state index is 12.9. The summed E-state index contributed by atoms with van der Waals surface area (Å²) >= 11 is 1.54. The lowest BCUT2D eigenvalue weighted by Gasteiger charge is -2.37. The molecule has 4 rings (SSSR count). The third kappa shape index (κ3) is 3.19. The summed E-state index contributed by atoms with van der Waals surface area (Å²) in [6.45, 7) is 2.21. The summed E-state index contributed by atoms with van der Waals surface area (Å²) in [5.41, 5.74) is 0.587. The Hall–Kier alpha value is -3.02. The summed E-state index contributed by atoms with van der Waals surface area (Å²) < 4.78 is 6.34. The molecule has 0 radical (unpaired) electrons. The third-order valence-electron chi connectivity index (χ3n) is 4.83. The molecule has 2 saturated heterocycles. The van der Waals surface area contributed by atoms with E-state index < -0.39 is 21.7 Å². The van der Waals surface area contributed by atoms with Crippen molar-refractivity contribution in [2.24, 2.45) is 0 Å². The van der Waals surface area contributed by atoms with Gasteiger partial charge in [-0.2, -0.15) is 0 Å². The van der Waals surface area contributed by atoms with E-state index in [4.69, 9.17) is 4.74 Å². The van der Waals surface area contributed by atoms with Crippen molar-refractivity contribution in [1.29, 1.82) is 0 Å². The molecule has 0 saturated carbocycles. The lowest BCUT2D eigenvalue weighted by molar-refractivity contribution is -0.384. The molecule has 3 atom stereocenters. The number of nitrogens with zero attached hydrogens (tertiary/aromatic N) is 6. The van der Waals surface area contributed by atoms with Gasteiger partial charge >= 0.3 is 5.97 Å². The topological polar surface area (TPSA) is 133 Å². The maximum Gasteiger partial charge on any atom is 0.330 e. The third-order valence-corrected chi connectivity index (χ3v) is 6.38. The Balaban J connectivity index is 1.48. The first-order chi connectivity index (χ1) is 13.4. The molecule has 1 aromatic heterocycles. The number of non-ortho nitro benzene ring substituents is 1. The zero-order chi connectivity index (χ0) is 19.9. The predicted molar refractivity (Wildman–Crippen MR) is 95.7 cm³/mol. The zero-order valence-electron chi connectivity index (χ0n) is 14.8. The van der Waals surface area contributed by atoms with Crippen LogP contribution in [0.4, 0.5) is 5.69 Å². The fourth-order valence-electron chi connectivity index (χ4n) is 3.49. The Kier molecular flexibility index (Phi) is 4.49. The largest absolute Gasteiger partial charge is 0.459 e. The van der Waals surface area contributed by atoms with Gasteiger partial charge in [0.2, 0.25) is 5.91 Å². The van der Waals surface area contributed by atoms with E-state index in [0.29, 0.717) is 18.5 Å². The number of amides is 1. The average molecular weight is 404 g/mol. The molecule has 2 aliphatic rings. The van der Waals surface area contributed by atoms with Crippen LogP contribution < -0.4 is 0 Å². The second kappa shape index (κ2) is 6.86. The highest BCUT2D eigenvalue weighted by molar-refractivity contribution is 8.01. The Morgan fingerprint density at radius 3 is 2.79 bits per heavy atom. The molecule has 0 aliphatic carbocycles. The summed E-state index contributed by atoms with van der Waals surface area (Å²) in [5.74, 6) is -0.604. The van der Waals surface area contributed by atoms with Gasteiger partial charge in [-0.25, -0.2) is 9.48 Å². The van der Waals surface area contributed by atoms with E-state index in [1.54, 1.807) is 16.7 Å². The van der Waals surface area contributed by atoms with E-state index in [2.05, 4.69) is 15.5 Å². The highest BCUT2D eigenvalue weighted by atomic mass is 32.2. The molecule has 0 N–H and O–H groups in total. The number of thioether (sulfide) groups is 1. The SMILES string of the molecule is C[C@@]1(Cn2cnnn2)S[C@@H]2CC(=O)N2[C@H]1C(=O)OCc1ccc([N+](=O)[O-])cc1. The van der Waals surface area contributed by atoms with E-state index in [-0.39, 0.29) is 23.6 Å². The van der Waals surface area contributed by atoms with E-state index in [0.717, 1.165) is 0 Å². The van der Waals surface area contributed by atoms with Crippen molar-refractivity contribution in [2.75, 3.05) is 0 Å². The van der Waals surface area contributed by atoms with Crippen LogP contribution in [0, 0.1) is 10.1 Å². The lowest BCUT2D eigenvalue weighted by Crippen LogP contribution is -2.58. The van der Waals surface area contributed by atoms with Crippen molar-refractivity contribution in [3.05, 3.63) is 46.3 Å². The van der Waals surface area contributed by atoms with E-state index in [1.165, 1.54) is 35.3 Å². The molecule has 0 bridgehead atoms. The standard InChI is InChI=1S/C16H16N6O5S/c1-16(8-20-9-17-18-19-20)14(21-12(23)6-13(21)28-16)15(24)27-7-10-2-4-11(5-3-10)22(25)26/h2-5,9,13-14H,6-8H2,1H3/t13-,14+,16+/m1/s1. The van der Waals surface area contributed by atoms with Gasteiger partial charge in [0, 0.05) is 12.1 Å². The molecule has 1 amide bonds. The smallest absolute Gasteiger partial charge is 0.330 e. The molecule has 146 valence electrons. The Morgan fingerprint density at radius 2 is 2.18 bits per heavy atom. The number of carbonyl (C=O) groups is 2. The highest BCUT2D eigenvalue weighted by Crippen LogP contribution is 2.51. The lowest BCUT2D eigenvalue weighted by atomic mass is 9.96. The van der Waals surface area contributed by atoms with Gasteiger partial charge in [-0.1, -0.05) is 0 Å². The van der Waals surface area contributed by atoms with Crippen LogP contribution in [-0.2, 0) is 27.5 Å². The van der Waals surface area contributed by atoms with Gasteiger partial charge in [-0.3, -0.25) is 14.9 Å². The number of rotatable bonds is 6. The molecule has 28 heavy (non-hydrogen) atoms. The number of carbonyl (C=O) groups excluding carboxylic acids is 2.